The Hall–Kier alpha value is -2.03. The summed E-state index contributed by atoms with van der Waals surface area (Å²) < 4.78 is 13.4. The minimum Gasteiger partial charge on any atom is -0.298 e. The van der Waals surface area contributed by atoms with Crippen molar-refractivity contribution >= 4 is 6.29 Å². The van der Waals surface area contributed by atoms with Crippen LogP contribution in [0.4, 0.5) is 4.39 Å². The minimum absolute atomic E-state index is 0.0908. The molecule has 0 spiro atoms. The zero-order valence-electron chi connectivity index (χ0n) is 10.2. The highest BCUT2D eigenvalue weighted by molar-refractivity contribution is 5.75. The number of hydrogen-bond donors (Lipinski definition) is 0. The molecular weight excluding hydrogens is 229 g/mol. The molecule has 0 fully saturated rings. The van der Waals surface area contributed by atoms with E-state index in [1.807, 2.05) is 18.3 Å². The van der Waals surface area contributed by atoms with Crippen LogP contribution < -0.4 is 0 Å². The summed E-state index contributed by atoms with van der Waals surface area (Å²) in [5.41, 5.74) is 2.98. The number of carbonyl (C=O) groups excluding carboxylic acids is 1. The second-order valence-corrected chi connectivity index (χ2v) is 4.16. The molecule has 0 aliphatic rings. The first-order valence-corrected chi connectivity index (χ1v) is 5.90. The predicted molar refractivity (Wildman–Crippen MR) is 68.2 cm³/mol. The Kier molecular flexibility index (Phi) is 3.82. The maximum Gasteiger partial charge on any atom is 0.152 e. The maximum atomic E-state index is 13.4. The van der Waals surface area contributed by atoms with Gasteiger partial charge in [0.15, 0.2) is 6.29 Å². The SMILES string of the molecule is CCc1ccc(Cc2ccc(C=O)c(F)c2)nc1. The fraction of sp³-hybridized carbons (Fsp3) is 0.200. The summed E-state index contributed by atoms with van der Waals surface area (Å²) >= 11 is 0. The lowest BCUT2D eigenvalue weighted by atomic mass is 10.1. The number of nitrogens with zero attached hydrogens (tertiary/aromatic N) is 1. The Balaban J connectivity index is 2.17. The first-order valence-electron chi connectivity index (χ1n) is 5.90. The summed E-state index contributed by atoms with van der Waals surface area (Å²) in [7, 11) is 0. The van der Waals surface area contributed by atoms with Gasteiger partial charge >= 0.3 is 0 Å². The summed E-state index contributed by atoms with van der Waals surface area (Å²) in [6.45, 7) is 2.07. The van der Waals surface area contributed by atoms with E-state index in [-0.39, 0.29) is 5.56 Å². The van der Waals surface area contributed by atoms with Crippen molar-refractivity contribution in [1.82, 2.24) is 4.98 Å². The second-order valence-electron chi connectivity index (χ2n) is 4.16. The number of rotatable bonds is 4. The number of aromatic nitrogens is 1. The number of pyridine rings is 1. The van der Waals surface area contributed by atoms with Gasteiger partial charge in [0.2, 0.25) is 0 Å². The van der Waals surface area contributed by atoms with Gasteiger partial charge in [-0.1, -0.05) is 19.1 Å². The molecule has 0 N–H and O–H groups in total. The highest BCUT2D eigenvalue weighted by atomic mass is 19.1. The van der Waals surface area contributed by atoms with Crippen LogP contribution in [0.5, 0.6) is 0 Å². The molecule has 1 aromatic carbocycles. The van der Waals surface area contributed by atoms with Gasteiger partial charge in [0.25, 0.3) is 0 Å². The van der Waals surface area contributed by atoms with Crippen molar-refractivity contribution in [3.63, 3.8) is 0 Å². The van der Waals surface area contributed by atoms with Crippen LogP contribution in [0, 0.1) is 5.82 Å². The molecule has 1 heterocycles. The third-order valence-corrected chi connectivity index (χ3v) is 2.87. The van der Waals surface area contributed by atoms with Gasteiger partial charge in [0.1, 0.15) is 5.82 Å². The Morgan fingerprint density at radius 1 is 1.22 bits per heavy atom. The molecule has 0 saturated carbocycles. The van der Waals surface area contributed by atoms with Crippen molar-refractivity contribution < 1.29 is 9.18 Å². The molecule has 2 nitrogen and oxygen atoms in total. The van der Waals surface area contributed by atoms with Crippen molar-refractivity contribution in [1.29, 1.82) is 0 Å². The van der Waals surface area contributed by atoms with Crippen molar-refractivity contribution in [3.8, 4) is 0 Å². The Bertz CT molecular complexity index is 549. The van der Waals surface area contributed by atoms with Crippen LogP contribution in [-0.2, 0) is 12.8 Å². The summed E-state index contributed by atoms with van der Waals surface area (Å²) in [4.78, 5) is 14.8. The molecule has 2 rings (SSSR count). The highest BCUT2D eigenvalue weighted by Gasteiger charge is 2.04. The lowest BCUT2D eigenvalue weighted by Crippen LogP contribution is -1.96. The third-order valence-electron chi connectivity index (χ3n) is 2.87. The van der Waals surface area contributed by atoms with Crippen molar-refractivity contribution in [3.05, 3.63) is 64.7 Å². The van der Waals surface area contributed by atoms with Gasteiger partial charge < -0.3 is 0 Å². The molecule has 0 bridgehead atoms. The molecule has 2 aromatic rings. The Labute approximate surface area is 105 Å². The van der Waals surface area contributed by atoms with Gasteiger partial charge in [-0.2, -0.15) is 0 Å². The van der Waals surface area contributed by atoms with E-state index in [0.717, 1.165) is 17.7 Å². The van der Waals surface area contributed by atoms with E-state index in [1.165, 1.54) is 17.7 Å². The Morgan fingerprint density at radius 3 is 2.56 bits per heavy atom. The second kappa shape index (κ2) is 5.54. The molecule has 1 aromatic heterocycles. The van der Waals surface area contributed by atoms with Gasteiger partial charge in [-0.3, -0.25) is 9.78 Å². The molecule has 0 aliphatic heterocycles. The van der Waals surface area contributed by atoms with E-state index < -0.39 is 5.82 Å². The average molecular weight is 243 g/mol. The number of aldehydes is 1. The molecule has 0 aliphatic carbocycles. The summed E-state index contributed by atoms with van der Waals surface area (Å²) in [6, 6.07) is 8.61. The van der Waals surface area contributed by atoms with E-state index in [9.17, 15) is 9.18 Å². The van der Waals surface area contributed by atoms with Crippen LogP contribution in [0.1, 0.15) is 34.1 Å². The van der Waals surface area contributed by atoms with Crippen molar-refractivity contribution in [2.45, 2.75) is 19.8 Å². The summed E-state index contributed by atoms with van der Waals surface area (Å²) in [6.07, 6.45) is 3.88. The molecule has 3 heteroatoms. The number of hydrogen-bond acceptors (Lipinski definition) is 2. The number of aryl methyl sites for hydroxylation is 1. The standard InChI is InChI=1S/C15H14FNO/c1-2-11-4-6-14(17-9-11)7-12-3-5-13(10-18)15(16)8-12/h3-6,8-10H,2,7H2,1H3. The molecule has 0 radical (unpaired) electrons. The zero-order valence-corrected chi connectivity index (χ0v) is 10.2. The largest absolute Gasteiger partial charge is 0.298 e. The third kappa shape index (κ3) is 2.80. The van der Waals surface area contributed by atoms with Crippen molar-refractivity contribution in [2.24, 2.45) is 0 Å². The van der Waals surface area contributed by atoms with Gasteiger partial charge in [-0.15, -0.1) is 0 Å². The maximum absolute atomic E-state index is 13.4. The predicted octanol–water partition coefficient (Wildman–Crippen LogP) is 3.19. The fourth-order valence-corrected chi connectivity index (χ4v) is 1.75. The molecule has 0 saturated heterocycles. The van der Waals surface area contributed by atoms with E-state index >= 15 is 0 Å². The molecule has 0 amide bonds. The number of carbonyl (C=O) groups is 1. The Morgan fingerprint density at radius 2 is 2.00 bits per heavy atom. The molecule has 0 unspecified atom stereocenters. The lowest BCUT2D eigenvalue weighted by molar-refractivity contribution is 0.112. The van der Waals surface area contributed by atoms with Crippen LogP contribution in [0.2, 0.25) is 0 Å². The minimum atomic E-state index is -0.479. The molecular formula is C15H14FNO. The quantitative estimate of drug-likeness (QED) is 0.772. The van der Waals surface area contributed by atoms with Crippen LogP contribution in [0.3, 0.4) is 0 Å². The molecule has 18 heavy (non-hydrogen) atoms. The number of benzene rings is 1. The van der Waals surface area contributed by atoms with Gasteiger partial charge in [0.05, 0.1) is 5.56 Å². The van der Waals surface area contributed by atoms with Crippen molar-refractivity contribution in [2.75, 3.05) is 0 Å². The van der Waals surface area contributed by atoms with E-state index in [0.29, 0.717) is 12.7 Å². The van der Waals surface area contributed by atoms with Crippen LogP contribution in [0.25, 0.3) is 0 Å². The van der Waals surface area contributed by atoms with E-state index in [4.69, 9.17) is 0 Å². The monoisotopic (exact) mass is 243 g/mol. The topological polar surface area (TPSA) is 30.0 Å². The average Bonchev–Trinajstić information content (AvgIpc) is 2.40. The molecule has 0 atom stereocenters. The normalized spacial score (nSPS) is 10.3. The first-order chi connectivity index (χ1) is 8.72. The summed E-state index contributed by atoms with van der Waals surface area (Å²) in [5, 5.41) is 0. The first kappa shape index (κ1) is 12.4. The molecule has 92 valence electrons. The van der Waals surface area contributed by atoms with Crippen LogP contribution >= 0.6 is 0 Å². The fourth-order valence-electron chi connectivity index (χ4n) is 1.75. The van der Waals surface area contributed by atoms with Crippen LogP contribution in [-0.4, -0.2) is 11.3 Å². The highest BCUT2D eigenvalue weighted by Crippen LogP contribution is 2.12. The van der Waals surface area contributed by atoms with Gasteiger partial charge in [-0.05, 0) is 35.7 Å². The van der Waals surface area contributed by atoms with Gasteiger partial charge in [-0.25, -0.2) is 4.39 Å². The smallest absolute Gasteiger partial charge is 0.152 e. The van der Waals surface area contributed by atoms with Crippen LogP contribution in [0.15, 0.2) is 36.5 Å². The van der Waals surface area contributed by atoms with Gasteiger partial charge in [0, 0.05) is 18.3 Å². The van der Waals surface area contributed by atoms with E-state index in [2.05, 4.69) is 11.9 Å². The van der Waals surface area contributed by atoms with E-state index in [1.54, 1.807) is 6.07 Å². The lowest BCUT2D eigenvalue weighted by Gasteiger charge is -2.03. The number of halogens is 1. The zero-order chi connectivity index (χ0) is 13.0. The summed E-state index contributed by atoms with van der Waals surface area (Å²) in [5.74, 6) is -0.479.